The monoisotopic (exact) mass is 247 g/mol. The highest BCUT2D eigenvalue weighted by Gasteiger charge is 2.05. The molecule has 0 aliphatic rings. The van der Waals surface area contributed by atoms with Crippen molar-refractivity contribution in [1.82, 2.24) is 5.43 Å². The predicted molar refractivity (Wildman–Crippen MR) is 57.9 cm³/mol. The third kappa shape index (κ3) is 4.11. The number of benzene rings is 1. The quantitative estimate of drug-likeness (QED) is 0.360. The first kappa shape index (κ1) is 14.1. The molecule has 3 N–H and O–H groups in total. The first-order chi connectivity index (χ1) is 7.13. The Hall–Kier alpha value is -1.86. The molecule has 0 aromatic heterocycles. The van der Waals surface area contributed by atoms with Gasteiger partial charge in [-0.3, -0.25) is 15.5 Å². The predicted octanol–water partition coefficient (Wildman–Crippen LogP) is 1.12. The van der Waals surface area contributed by atoms with Crippen LogP contribution in [0.2, 0.25) is 0 Å². The highest BCUT2D eigenvalue weighted by Crippen LogP contribution is 2.12. The molecular formula is C8H10ClN3O4. The number of nitro benzene ring substituents is 1. The van der Waals surface area contributed by atoms with E-state index in [9.17, 15) is 14.9 Å². The number of hydrogen-bond donors (Lipinski definition) is 2. The van der Waals surface area contributed by atoms with Crippen LogP contribution < -0.4 is 11.3 Å². The van der Waals surface area contributed by atoms with E-state index in [0.717, 1.165) is 0 Å². The summed E-state index contributed by atoms with van der Waals surface area (Å²) in [5, 5.41) is 10.3. The van der Waals surface area contributed by atoms with Crippen LogP contribution in [0.25, 0.3) is 0 Å². The molecule has 0 atom stereocenters. The van der Waals surface area contributed by atoms with Crippen molar-refractivity contribution in [2.24, 2.45) is 5.84 Å². The number of nitrogens with zero attached hydrogens (tertiary/aromatic N) is 1. The van der Waals surface area contributed by atoms with Crippen LogP contribution in [0.4, 0.5) is 10.5 Å². The lowest BCUT2D eigenvalue weighted by atomic mass is 10.2. The molecule has 0 saturated heterocycles. The van der Waals surface area contributed by atoms with Crippen LogP contribution in [0.3, 0.4) is 0 Å². The highest BCUT2D eigenvalue weighted by atomic mass is 35.5. The van der Waals surface area contributed by atoms with Crippen molar-refractivity contribution in [3.63, 3.8) is 0 Å². The molecule has 0 fully saturated rings. The van der Waals surface area contributed by atoms with Gasteiger partial charge in [0.05, 0.1) is 4.92 Å². The zero-order valence-electron chi connectivity index (χ0n) is 8.08. The van der Waals surface area contributed by atoms with Crippen molar-refractivity contribution in [2.45, 2.75) is 6.61 Å². The Balaban J connectivity index is 0.00000225. The molecule has 0 heterocycles. The molecule has 1 aromatic rings. The van der Waals surface area contributed by atoms with Crippen molar-refractivity contribution in [1.29, 1.82) is 0 Å². The van der Waals surface area contributed by atoms with E-state index < -0.39 is 11.0 Å². The number of ether oxygens (including phenoxy) is 1. The van der Waals surface area contributed by atoms with Crippen molar-refractivity contribution in [2.75, 3.05) is 0 Å². The largest absolute Gasteiger partial charge is 0.444 e. The van der Waals surface area contributed by atoms with Gasteiger partial charge in [0.2, 0.25) is 0 Å². The molecule has 1 rings (SSSR count). The Bertz CT molecular complexity index is 368. The number of amides is 1. The summed E-state index contributed by atoms with van der Waals surface area (Å²) in [4.78, 5) is 20.4. The summed E-state index contributed by atoms with van der Waals surface area (Å²) in [5.41, 5.74) is 2.43. The lowest BCUT2D eigenvalue weighted by Crippen LogP contribution is -2.30. The minimum atomic E-state index is -0.756. The van der Waals surface area contributed by atoms with Gasteiger partial charge in [0.1, 0.15) is 6.61 Å². The summed E-state index contributed by atoms with van der Waals surface area (Å²) in [6.45, 7) is 0.0149. The Morgan fingerprint density at radius 3 is 2.44 bits per heavy atom. The Kier molecular flexibility index (Phi) is 5.83. The van der Waals surface area contributed by atoms with Gasteiger partial charge < -0.3 is 4.74 Å². The molecular weight excluding hydrogens is 238 g/mol. The fourth-order valence-electron chi connectivity index (χ4n) is 0.904. The molecule has 1 amide bonds. The molecule has 0 aliphatic carbocycles. The number of carbonyl (C=O) groups excluding carboxylic acids is 1. The van der Waals surface area contributed by atoms with E-state index in [2.05, 4.69) is 4.74 Å². The summed E-state index contributed by atoms with van der Waals surface area (Å²) in [5.74, 6) is 4.79. The Morgan fingerprint density at radius 1 is 1.44 bits per heavy atom. The summed E-state index contributed by atoms with van der Waals surface area (Å²) in [6.07, 6.45) is -0.756. The summed E-state index contributed by atoms with van der Waals surface area (Å²) < 4.78 is 4.63. The summed E-state index contributed by atoms with van der Waals surface area (Å²) >= 11 is 0. The molecule has 88 valence electrons. The molecule has 0 radical (unpaired) electrons. The molecule has 1 aromatic carbocycles. The molecule has 16 heavy (non-hydrogen) atoms. The smallest absolute Gasteiger partial charge is 0.421 e. The van der Waals surface area contributed by atoms with Gasteiger partial charge in [-0.15, -0.1) is 12.4 Å². The van der Waals surface area contributed by atoms with Crippen LogP contribution >= 0.6 is 12.4 Å². The van der Waals surface area contributed by atoms with E-state index >= 15 is 0 Å². The SMILES string of the molecule is Cl.NNC(=O)OCc1ccc([N+](=O)[O-])cc1. The maximum Gasteiger partial charge on any atom is 0.421 e. The lowest BCUT2D eigenvalue weighted by Gasteiger charge is -2.02. The second kappa shape index (κ2) is 6.59. The molecule has 7 nitrogen and oxygen atoms in total. The zero-order chi connectivity index (χ0) is 11.3. The fourth-order valence-corrected chi connectivity index (χ4v) is 0.904. The fraction of sp³-hybridized carbons (Fsp3) is 0.125. The molecule has 8 heteroatoms. The Morgan fingerprint density at radius 2 is 2.00 bits per heavy atom. The minimum absolute atomic E-state index is 0. The van der Waals surface area contributed by atoms with Gasteiger partial charge in [0, 0.05) is 12.1 Å². The number of rotatable bonds is 3. The number of hydrazine groups is 1. The number of nitro groups is 1. The Labute approximate surface area is 97.1 Å². The van der Waals surface area contributed by atoms with Gasteiger partial charge in [-0.05, 0) is 17.7 Å². The highest BCUT2D eigenvalue weighted by molar-refractivity contribution is 5.85. The van der Waals surface area contributed by atoms with E-state index in [1.54, 1.807) is 5.43 Å². The first-order valence-corrected chi connectivity index (χ1v) is 4.00. The molecule has 0 aliphatic heterocycles. The van der Waals surface area contributed by atoms with Crippen molar-refractivity contribution in [3.8, 4) is 0 Å². The van der Waals surface area contributed by atoms with Gasteiger partial charge in [-0.1, -0.05) is 0 Å². The first-order valence-electron chi connectivity index (χ1n) is 4.00. The normalized spacial score (nSPS) is 8.81. The maximum absolute atomic E-state index is 10.6. The number of non-ortho nitro benzene ring substituents is 1. The second-order valence-corrected chi connectivity index (χ2v) is 2.64. The molecule has 0 unspecified atom stereocenters. The third-order valence-corrected chi connectivity index (χ3v) is 1.63. The van der Waals surface area contributed by atoms with E-state index in [1.807, 2.05) is 0 Å². The van der Waals surface area contributed by atoms with Crippen LogP contribution in [0, 0.1) is 10.1 Å². The second-order valence-electron chi connectivity index (χ2n) is 2.64. The number of nitrogens with one attached hydrogen (secondary N) is 1. The van der Waals surface area contributed by atoms with Crippen LogP contribution in [0.15, 0.2) is 24.3 Å². The average Bonchev–Trinajstić information content (AvgIpc) is 2.26. The van der Waals surface area contributed by atoms with Gasteiger partial charge in [-0.2, -0.15) is 0 Å². The summed E-state index contributed by atoms with van der Waals surface area (Å²) in [6, 6.07) is 5.67. The average molecular weight is 248 g/mol. The van der Waals surface area contributed by atoms with Crippen molar-refractivity contribution < 1.29 is 14.5 Å². The molecule has 0 saturated carbocycles. The lowest BCUT2D eigenvalue weighted by molar-refractivity contribution is -0.384. The topological polar surface area (TPSA) is 107 Å². The van der Waals surface area contributed by atoms with Crippen LogP contribution in [0.5, 0.6) is 0 Å². The number of hydrogen-bond acceptors (Lipinski definition) is 5. The number of halogens is 1. The third-order valence-electron chi connectivity index (χ3n) is 1.63. The van der Waals surface area contributed by atoms with Crippen LogP contribution in [-0.4, -0.2) is 11.0 Å². The van der Waals surface area contributed by atoms with Gasteiger partial charge in [0.25, 0.3) is 5.69 Å². The maximum atomic E-state index is 10.6. The van der Waals surface area contributed by atoms with E-state index in [1.165, 1.54) is 24.3 Å². The van der Waals surface area contributed by atoms with E-state index in [4.69, 9.17) is 5.84 Å². The number of nitrogens with two attached hydrogens (primary N) is 1. The summed E-state index contributed by atoms with van der Waals surface area (Å²) in [7, 11) is 0. The van der Waals surface area contributed by atoms with Crippen molar-refractivity contribution in [3.05, 3.63) is 39.9 Å². The molecule has 0 spiro atoms. The van der Waals surface area contributed by atoms with E-state index in [0.29, 0.717) is 5.56 Å². The van der Waals surface area contributed by atoms with Crippen molar-refractivity contribution >= 4 is 24.2 Å². The zero-order valence-corrected chi connectivity index (χ0v) is 8.90. The van der Waals surface area contributed by atoms with Gasteiger partial charge in [0.15, 0.2) is 0 Å². The van der Waals surface area contributed by atoms with E-state index in [-0.39, 0.29) is 24.7 Å². The standard InChI is InChI=1S/C8H9N3O4.ClH/c9-10-8(12)15-5-6-1-3-7(4-2-6)11(13)14;/h1-4H,5,9H2,(H,10,12);1H. The molecule has 0 bridgehead atoms. The minimum Gasteiger partial charge on any atom is -0.444 e. The van der Waals surface area contributed by atoms with Gasteiger partial charge >= 0.3 is 6.09 Å². The van der Waals surface area contributed by atoms with Crippen LogP contribution in [-0.2, 0) is 11.3 Å². The van der Waals surface area contributed by atoms with Crippen LogP contribution in [0.1, 0.15) is 5.56 Å². The number of carbonyl (C=O) groups is 1. The van der Waals surface area contributed by atoms with Gasteiger partial charge in [-0.25, -0.2) is 10.6 Å².